The summed E-state index contributed by atoms with van der Waals surface area (Å²) in [6, 6.07) is 6.93. The number of methoxy groups -OCH3 is 1. The molecule has 2 unspecified atom stereocenters. The van der Waals surface area contributed by atoms with E-state index in [1.807, 2.05) is 6.92 Å². The first kappa shape index (κ1) is 17.6. The number of halogens is 1. The summed E-state index contributed by atoms with van der Waals surface area (Å²) in [5, 5.41) is 9.37. The van der Waals surface area contributed by atoms with Crippen molar-refractivity contribution in [3.05, 3.63) is 45.9 Å². The lowest BCUT2D eigenvalue weighted by molar-refractivity contribution is -0.141. The van der Waals surface area contributed by atoms with E-state index in [1.54, 1.807) is 18.2 Å². The molecule has 0 radical (unpaired) electrons. The van der Waals surface area contributed by atoms with Crippen molar-refractivity contribution in [1.82, 2.24) is 4.90 Å². The van der Waals surface area contributed by atoms with Crippen LogP contribution in [-0.2, 0) is 9.53 Å². The highest BCUT2D eigenvalue weighted by Gasteiger charge is 2.40. The van der Waals surface area contributed by atoms with Crippen LogP contribution in [0.4, 0.5) is 4.39 Å². The van der Waals surface area contributed by atoms with Gasteiger partial charge in [0, 0.05) is 25.0 Å². The first-order chi connectivity index (χ1) is 11.9. The second kappa shape index (κ2) is 6.93. The van der Waals surface area contributed by atoms with Crippen LogP contribution in [0.3, 0.4) is 0 Å². The van der Waals surface area contributed by atoms with Gasteiger partial charge in [-0.05, 0) is 36.2 Å². The minimum atomic E-state index is -1.03. The maximum absolute atomic E-state index is 13.1. The lowest BCUT2D eigenvalue weighted by Gasteiger charge is -2.20. The van der Waals surface area contributed by atoms with Gasteiger partial charge in [-0.25, -0.2) is 9.18 Å². The van der Waals surface area contributed by atoms with Crippen molar-refractivity contribution in [2.24, 2.45) is 0 Å². The van der Waals surface area contributed by atoms with Crippen LogP contribution >= 0.6 is 11.3 Å². The fourth-order valence-electron chi connectivity index (χ4n) is 3.07. The quantitative estimate of drug-likeness (QED) is 0.906. The summed E-state index contributed by atoms with van der Waals surface area (Å²) < 4.78 is 18.3. The Morgan fingerprint density at radius 1 is 1.32 bits per heavy atom. The Hall–Kier alpha value is -2.25. The predicted octanol–water partition coefficient (Wildman–Crippen LogP) is 3.18. The number of rotatable bonds is 4. The molecule has 132 valence electrons. The molecule has 1 aromatic heterocycles. The monoisotopic (exact) mass is 363 g/mol. The summed E-state index contributed by atoms with van der Waals surface area (Å²) >= 11 is 1.31. The molecular weight excluding hydrogens is 345 g/mol. The molecule has 7 heteroatoms. The third-order valence-electron chi connectivity index (χ3n) is 4.43. The van der Waals surface area contributed by atoms with Crippen LogP contribution in [0.5, 0.6) is 0 Å². The molecule has 1 amide bonds. The number of carbonyl (C=O) groups is 2. The van der Waals surface area contributed by atoms with Gasteiger partial charge in [-0.1, -0.05) is 12.1 Å². The molecule has 3 rings (SSSR count). The molecule has 5 nitrogen and oxygen atoms in total. The third kappa shape index (κ3) is 3.43. The Bertz CT molecular complexity index is 802. The molecule has 2 heterocycles. The summed E-state index contributed by atoms with van der Waals surface area (Å²) in [6.45, 7) is 2.14. The second-order valence-corrected chi connectivity index (χ2v) is 7.25. The van der Waals surface area contributed by atoms with Crippen LogP contribution in [0.25, 0.3) is 11.1 Å². The number of benzene rings is 1. The van der Waals surface area contributed by atoms with Crippen molar-refractivity contribution >= 4 is 23.2 Å². The van der Waals surface area contributed by atoms with Crippen LogP contribution < -0.4 is 0 Å². The summed E-state index contributed by atoms with van der Waals surface area (Å²) in [7, 11) is 1.51. The Morgan fingerprint density at radius 3 is 2.60 bits per heavy atom. The van der Waals surface area contributed by atoms with Gasteiger partial charge in [-0.3, -0.25) is 4.79 Å². The Morgan fingerprint density at radius 2 is 2.00 bits per heavy atom. The van der Waals surface area contributed by atoms with E-state index in [-0.39, 0.29) is 30.8 Å². The van der Waals surface area contributed by atoms with E-state index >= 15 is 0 Å². The topological polar surface area (TPSA) is 66.8 Å². The second-order valence-electron chi connectivity index (χ2n) is 5.99. The molecule has 25 heavy (non-hydrogen) atoms. The number of carbonyl (C=O) groups excluding carboxylic acids is 1. The van der Waals surface area contributed by atoms with Gasteiger partial charge in [0.25, 0.3) is 5.91 Å². The number of ether oxygens (including phenoxy) is 1. The Balaban J connectivity index is 1.89. The first-order valence-electron chi connectivity index (χ1n) is 7.83. The zero-order chi connectivity index (χ0) is 18.1. The molecule has 1 N–H and O–H groups in total. The van der Waals surface area contributed by atoms with Crippen LogP contribution in [0.1, 0.15) is 21.0 Å². The van der Waals surface area contributed by atoms with Crippen molar-refractivity contribution in [2.75, 3.05) is 13.7 Å². The average molecular weight is 363 g/mol. The van der Waals surface area contributed by atoms with E-state index in [4.69, 9.17) is 4.74 Å². The largest absolute Gasteiger partial charge is 0.480 e. The fourth-order valence-corrected chi connectivity index (χ4v) is 4.07. The molecule has 1 aliphatic rings. The number of aryl methyl sites for hydroxylation is 1. The molecule has 1 saturated heterocycles. The van der Waals surface area contributed by atoms with E-state index in [1.165, 1.54) is 35.5 Å². The van der Waals surface area contributed by atoms with E-state index in [0.717, 1.165) is 16.0 Å². The number of hydrogen-bond donors (Lipinski definition) is 1. The zero-order valence-corrected chi connectivity index (χ0v) is 14.7. The number of nitrogens with zero attached hydrogens (tertiary/aromatic N) is 1. The van der Waals surface area contributed by atoms with Gasteiger partial charge in [0.15, 0.2) is 0 Å². The van der Waals surface area contributed by atoms with Gasteiger partial charge in [0.05, 0.1) is 11.0 Å². The van der Waals surface area contributed by atoms with E-state index in [9.17, 15) is 19.1 Å². The van der Waals surface area contributed by atoms with Gasteiger partial charge in [0.2, 0.25) is 0 Å². The van der Waals surface area contributed by atoms with E-state index in [2.05, 4.69) is 0 Å². The molecule has 2 aromatic rings. The Labute approximate surface area is 148 Å². The Kier molecular flexibility index (Phi) is 4.87. The minimum absolute atomic E-state index is 0.259. The van der Waals surface area contributed by atoms with Gasteiger partial charge in [-0.15, -0.1) is 11.3 Å². The van der Waals surface area contributed by atoms with Gasteiger partial charge in [-0.2, -0.15) is 0 Å². The fraction of sp³-hybridized carbons (Fsp3) is 0.333. The SMILES string of the molecule is COC1CC(C(=O)O)N(C(=O)c2cc(-c3ccc(F)cc3)c(C)s2)C1. The molecule has 2 atom stereocenters. The van der Waals surface area contributed by atoms with E-state index < -0.39 is 12.0 Å². The maximum Gasteiger partial charge on any atom is 0.326 e. The third-order valence-corrected chi connectivity index (χ3v) is 5.46. The summed E-state index contributed by atoms with van der Waals surface area (Å²) in [5.74, 6) is -1.66. The lowest BCUT2D eigenvalue weighted by atomic mass is 10.1. The molecule has 0 spiro atoms. The van der Waals surface area contributed by atoms with Crippen LogP contribution in [-0.4, -0.2) is 47.7 Å². The zero-order valence-electron chi connectivity index (χ0n) is 13.9. The number of aliphatic carboxylic acids is 1. The van der Waals surface area contributed by atoms with E-state index in [0.29, 0.717) is 4.88 Å². The summed E-state index contributed by atoms with van der Waals surface area (Å²) in [4.78, 5) is 27.0. The van der Waals surface area contributed by atoms with Gasteiger partial charge < -0.3 is 14.7 Å². The number of thiophene rings is 1. The maximum atomic E-state index is 13.1. The number of carboxylic acid groups (broad SMARTS) is 1. The van der Waals surface area contributed by atoms with Crippen LogP contribution in [0, 0.1) is 12.7 Å². The minimum Gasteiger partial charge on any atom is -0.480 e. The highest BCUT2D eigenvalue weighted by Crippen LogP contribution is 2.33. The highest BCUT2D eigenvalue weighted by molar-refractivity contribution is 7.14. The van der Waals surface area contributed by atoms with Crippen molar-refractivity contribution in [3.63, 3.8) is 0 Å². The summed E-state index contributed by atoms with van der Waals surface area (Å²) in [6.07, 6.45) is 0.00918. The highest BCUT2D eigenvalue weighted by atomic mass is 32.1. The summed E-state index contributed by atoms with van der Waals surface area (Å²) in [5.41, 5.74) is 1.67. The van der Waals surface area contributed by atoms with Crippen LogP contribution in [0.15, 0.2) is 30.3 Å². The lowest BCUT2D eigenvalue weighted by Crippen LogP contribution is -2.40. The normalized spacial score (nSPS) is 20.0. The number of carboxylic acids is 1. The molecule has 0 saturated carbocycles. The average Bonchev–Trinajstić information content (AvgIpc) is 3.19. The first-order valence-corrected chi connectivity index (χ1v) is 8.65. The van der Waals surface area contributed by atoms with Gasteiger partial charge in [0.1, 0.15) is 11.9 Å². The predicted molar refractivity (Wildman–Crippen MR) is 92.3 cm³/mol. The number of likely N-dealkylation sites (tertiary alicyclic amines) is 1. The van der Waals surface area contributed by atoms with Crippen molar-refractivity contribution in [1.29, 1.82) is 0 Å². The van der Waals surface area contributed by atoms with Crippen molar-refractivity contribution in [3.8, 4) is 11.1 Å². The number of hydrogen-bond acceptors (Lipinski definition) is 4. The van der Waals surface area contributed by atoms with Gasteiger partial charge >= 0.3 is 5.97 Å². The van der Waals surface area contributed by atoms with Crippen molar-refractivity contribution < 1.29 is 23.8 Å². The molecule has 0 aliphatic carbocycles. The molecule has 1 fully saturated rings. The molecule has 1 aliphatic heterocycles. The molecule has 1 aromatic carbocycles. The molecule has 0 bridgehead atoms. The number of amides is 1. The van der Waals surface area contributed by atoms with Crippen molar-refractivity contribution in [2.45, 2.75) is 25.5 Å². The molecular formula is C18H18FNO4S. The standard InChI is InChI=1S/C18H18FNO4S/c1-10-14(11-3-5-12(19)6-4-11)8-16(25-10)17(21)20-9-13(24-2)7-15(20)18(22)23/h3-6,8,13,15H,7,9H2,1-2H3,(H,22,23). The van der Waals surface area contributed by atoms with Crippen LogP contribution in [0.2, 0.25) is 0 Å². The smallest absolute Gasteiger partial charge is 0.326 e.